The van der Waals surface area contributed by atoms with Crippen molar-refractivity contribution in [1.82, 2.24) is 15.3 Å². The molecule has 0 radical (unpaired) electrons. The number of thioether (sulfide) groups is 1. The average Bonchev–Trinajstić information content (AvgIpc) is 2.39. The molecular weight excluding hydrogens is 230 g/mol. The molecule has 2 unspecified atom stereocenters. The first kappa shape index (κ1) is 14.5. The van der Waals surface area contributed by atoms with E-state index in [1.54, 1.807) is 24.2 Å². The fraction of sp³-hybridized carbons (Fsp3) is 0.692. The summed E-state index contributed by atoms with van der Waals surface area (Å²) >= 11 is 1.79. The maximum absolute atomic E-state index is 4.29. The van der Waals surface area contributed by atoms with Gasteiger partial charge in [0.1, 0.15) is 5.03 Å². The summed E-state index contributed by atoms with van der Waals surface area (Å²) in [5.41, 5.74) is 0. The van der Waals surface area contributed by atoms with Crippen molar-refractivity contribution in [3.05, 3.63) is 18.6 Å². The van der Waals surface area contributed by atoms with Gasteiger partial charge in [0.15, 0.2) is 0 Å². The van der Waals surface area contributed by atoms with Crippen LogP contribution in [0.2, 0.25) is 0 Å². The molecule has 0 aliphatic rings. The van der Waals surface area contributed by atoms with Crippen LogP contribution in [0.25, 0.3) is 0 Å². The summed E-state index contributed by atoms with van der Waals surface area (Å²) in [5.74, 6) is 1.76. The van der Waals surface area contributed by atoms with Crippen molar-refractivity contribution in [1.29, 1.82) is 0 Å². The molecule has 1 aromatic rings. The van der Waals surface area contributed by atoms with E-state index in [9.17, 15) is 0 Å². The summed E-state index contributed by atoms with van der Waals surface area (Å²) in [6, 6.07) is 0.562. The summed E-state index contributed by atoms with van der Waals surface area (Å²) in [4.78, 5) is 8.37. The van der Waals surface area contributed by atoms with Crippen molar-refractivity contribution >= 4 is 11.8 Å². The van der Waals surface area contributed by atoms with Crippen LogP contribution in [0.5, 0.6) is 0 Å². The van der Waals surface area contributed by atoms with Gasteiger partial charge in [0.05, 0.1) is 6.20 Å². The Morgan fingerprint density at radius 1 is 1.35 bits per heavy atom. The Bertz CT molecular complexity index is 292. The van der Waals surface area contributed by atoms with E-state index in [4.69, 9.17) is 0 Å². The van der Waals surface area contributed by atoms with Crippen molar-refractivity contribution < 1.29 is 0 Å². The van der Waals surface area contributed by atoms with Crippen LogP contribution in [-0.4, -0.2) is 28.3 Å². The van der Waals surface area contributed by atoms with E-state index in [-0.39, 0.29) is 0 Å². The first-order chi connectivity index (χ1) is 8.27. The van der Waals surface area contributed by atoms with Gasteiger partial charge in [-0.25, -0.2) is 4.98 Å². The third kappa shape index (κ3) is 5.50. The van der Waals surface area contributed by atoms with Crippen LogP contribution < -0.4 is 5.32 Å². The van der Waals surface area contributed by atoms with Gasteiger partial charge >= 0.3 is 0 Å². The van der Waals surface area contributed by atoms with Gasteiger partial charge in [-0.2, -0.15) is 0 Å². The molecule has 0 aromatic carbocycles. The molecule has 0 aliphatic heterocycles. The molecule has 0 bridgehead atoms. The zero-order valence-corrected chi connectivity index (χ0v) is 11.8. The topological polar surface area (TPSA) is 37.8 Å². The van der Waals surface area contributed by atoms with Crippen LogP contribution in [0.15, 0.2) is 23.6 Å². The van der Waals surface area contributed by atoms with Crippen molar-refractivity contribution in [2.75, 3.05) is 12.3 Å². The van der Waals surface area contributed by atoms with Gasteiger partial charge in [-0.3, -0.25) is 4.98 Å². The minimum Gasteiger partial charge on any atom is -0.313 e. The van der Waals surface area contributed by atoms with Crippen LogP contribution in [0.3, 0.4) is 0 Å². The minimum absolute atomic E-state index is 0.562. The molecule has 1 heterocycles. The minimum atomic E-state index is 0.562. The standard InChI is InChI=1S/C13H23N3S/c1-4-6-15-12(11(3)5-2)10-17-13-9-14-7-8-16-13/h7-9,11-12,15H,4-6,10H2,1-3H3. The second-order valence-corrected chi connectivity index (χ2v) is 5.34. The summed E-state index contributed by atoms with van der Waals surface area (Å²) < 4.78 is 0. The third-order valence-corrected chi connectivity index (χ3v) is 3.97. The zero-order valence-electron chi connectivity index (χ0n) is 11.0. The maximum Gasteiger partial charge on any atom is 0.114 e. The first-order valence-corrected chi connectivity index (χ1v) is 7.38. The van der Waals surface area contributed by atoms with Gasteiger partial charge in [-0.1, -0.05) is 27.2 Å². The van der Waals surface area contributed by atoms with Crippen LogP contribution in [0.1, 0.15) is 33.6 Å². The number of hydrogen-bond donors (Lipinski definition) is 1. The molecule has 0 fully saturated rings. The number of hydrogen-bond acceptors (Lipinski definition) is 4. The van der Waals surface area contributed by atoms with Gasteiger partial charge in [-0.15, -0.1) is 11.8 Å². The lowest BCUT2D eigenvalue weighted by Crippen LogP contribution is -2.37. The van der Waals surface area contributed by atoms with E-state index in [1.807, 2.05) is 6.20 Å². The van der Waals surface area contributed by atoms with Gasteiger partial charge in [-0.05, 0) is 18.9 Å². The zero-order chi connectivity index (χ0) is 12.5. The Labute approximate surface area is 109 Å². The van der Waals surface area contributed by atoms with E-state index in [0.717, 1.165) is 17.3 Å². The predicted octanol–water partition coefficient (Wildman–Crippen LogP) is 2.98. The van der Waals surface area contributed by atoms with Crippen molar-refractivity contribution in [2.24, 2.45) is 5.92 Å². The molecule has 0 saturated carbocycles. The molecule has 1 aromatic heterocycles. The van der Waals surface area contributed by atoms with Crippen LogP contribution in [0.4, 0.5) is 0 Å². The molecule has 1 N–H and O–H groups in total. The SMILES string of the molecule is CCCNC(CSc1cnccn1)C(C)CC. The Morgan fingerprint density at radius 3 is 2.76 bits per heavy atom. The Hall–Kier alpha value is -0.610. The highest BCUT2D eigenvalue weighted by Gasteiger charge is 2.15. The van der Waals surface area contributed by atoms with Gasteiger partial charge in [0.2, 0.25) is 0 Å². The lowest BCUT2D eigenvalue weighted by Gasteiger charge is -2.23. The number of rotatable bonds is 8. The molecule has 96 valence electrons. The normalized spacial score (nSPS) is 14.5. The molecule has 17 heavy (non-hydrogen) atoms. The second-order valence-electron chi connectivity index (χ2n) is 4.30. The van der Waals surface area contributed by atoms with E-state index < -0.39 is 0 Å². The smallest absolute Gasteiger partial charge is 0.114 e. The Kier molecular flexibility index (Phi) is 7.21. The predicted molar refractivity (Wildman–Crippen MR) is 74.3 cm³/mol. The lowest BCUT2D eigenvalue weighted by atomic mass is 10.0. The van der Waals surface area contributed by atoms with Crippen molar-refractivity contribution in [2.45, 2.75) is 44.7 Å². The Morgan fingerprint density at radius 2 is 2.18 bits per heavy atom. The molecule has 2 atom stereocenters. The largest absolute Gasteiger partial charge is 0.313 e. The van der Waals surface area contributed by atoms with E-state index in [2.05, 4.69) is 36.1 Å². The molecule has 0 saturated heterocycles. The van der Waals surface area contributed by atoms with Crippen molar-refractivity contribution in [3.8, 4) is 0 Å². The summed E-state index contributed by atoms with van der Waals surface area (Å²) in [5, 5.41) is 4.63. The third-order valence-electron chi connectivity index (χ3n) is 2.94. The summed E-state index contributed by atoms with van der Waals surface area (Å²) in [6.45, 7) is 7.86. The van der Waals surface area contributed by atoms with Gasteiger partial charge in [0, 0.05) is 24.2 Å². The highest BCUT2D eigenvalue weighted by atomic mass is 32.2. The lowest BCUT2D eigenvalue weighted by molar-refractivity contribution is 0.397. The van der Waals surface area contributed by atoms with Gasteiger partial charge in [0.25, 0.3) is 0 Å². The van der Waals surface area contributed by atoms with E-state index in [1.165, 1.54) is 12.8 Å². The monoisotopic (exact) mass is 253 g/mol. The fourth-order valence-electron chi connectivity index (χ4n) is 1.57. The molecule has 0 spiro atoms. The Balaban J connectivity index is 2.43. The highest BCUT2D eigenvalue weighted by molar-refractivity contribution is 7.99. The first-order valence-electron chi connectivity index (χ1n) is 6.40. The van der Waals surface area contributed by atoms with Crippen molar-refractivity contribution in [3.63, 3.8) is 0 Å². The summed E-state index contributed by atoms with van der Waals surface area (Å²) in [7, 11) is 0. The van der Waals surface area contributed by atoms with Crippen LogP contribution in [0, 0.1) is 5.92 Å². The molecular formula is C13H23N3S. The van der Waals surface area contributed by atoms with Crippen LogP contribution >= 0.6 is 11.8 Å². The molecule has 0 aliphatic carbocycles. The molecule has 0 amide bonds. The van der Waals surface area contributed by atoms with E-state index >= 15 is 0 Å². The maximum atomic E-state index is 4.29. The van der Waals surface area contributed by atoms with Crippen LogP contribution in [-0.2, 0) is 0 Å². The van der Waals surface area contributed by atoms with Gasteiger partial charge < -0.3 is 5.32 Å². The number of nitrogens with zero attached hydrogens (tertiary/aromatic N) is 2. The highest BCUT2D eigenvalue weighted by Crippen LogP contribution is 2.19. The molecule has 1 rings (SSSR count). The number of aromatic nitrogens is 2. The summed E-state index contributed by atoms with van der Waals surface area (Å²) in [6.07, 6.45) is 7.69. The molecule has 4 heteroatoms. The molecule has 3 nitrogen and oxygen atoms in total. The fourth-order valence-corrected chi connectivity index (χ4v) is 2.64. The average molecular weight is 253 g/mol. The van der Waals surface area contributed by atoms with E-state index in [0.29, 0.717) is 12.0 Å². The number of nitrogens with one attached hydrogen (secondary N) is 1. The second kappa shape index (κ2) is 8.48. The quantitative estimate of drug-likeness (QED) is 0.723.